The van der Waals surface area contributed by atoms with E-state index in [9.17, 15) is 14.7 Å². The molecule has 0 saturated carbocycles. The number of carboxylic acid groups (broad SMARTS) is 1. The van der Waals surface area contributed by atoms with Gasteiger partial charge in [0.2, 0.25) is 5.88 Å². The molecule has 26 heavy (non-hydrogen) atoms. The lowest BCUT2D eigenvalue weighted by Crippen LogP contribution is -2.49. The Labute approximate surface area is 153 Å². The minimum absolute atomic E-state index is 0.146. The molecule has 144 valence electrons. The molecule has 2 N–H and O–H groups in total. The number of anilines is 1. The fourth-order valence-corrected chi connectivity index (χ4v) is 3.06. The van der Waals surface area contributed by atoms with Crippen molar-refractivity contribution in [3.63, 3.8) is 0 Å². The Hall–Kier alpha value is -2.51. The van der Waals surface area contributed by atoms with Gasteiger partial charge in [0, 0.05) is 19.2 Å². The van der Waals surface area contributed by atoms with Gasteiger partial charge in [-0.2, -0.15) is 0 Å². The molecule has 0 bridgehead atoms. The quantitative estimate of drug-likeness (QED) is 0.845. The van der Waals surface area contributed by atoms with Crippen LogP contribution in [0.2, 0.25) is 0 Å². The number of amides is 1. The molecule has 1 fully saturated rings. The number of alkyl carbamates (subject to hydrolysis) is 1. The molecule has 1 atom stereocenters. The zero-order chi connectivity index (χ0) is 19.7. The van der Waals surface area contributed by atoms with Crippen LogP contribution in [0.1, 0.15) is 50.2 Å². The molecular formula is C18H27N3O5. The van der Waals surface area contributed by atoms with Gasteiger partial charge in [0.15, 0.2) is 0 Å². The summed E-state index contributed by atoms with van der Waals surface area (Å²) in [4.78, 5) is 29.9. The lowest BCUT2D eigenvalue weighted by molar-refractivity contribution is 0.0472. The number of aromatic carboxylic acids is 1. The van der Waals surface area contributed by atoms with Crippen molar-refractivity contribution in [2.75, 3.05) is 25.1 Å². The zero-order valence-corrected chi connectivity index (χ0v) is 16.2. The minimum Gasteiger partial charge on any atom is -0.481 e. The third-order valence-corrected chi connectivity index (χ3v) is 4.20. The first kappa shape index (κ1) is 19.8. The standard InChI is InChI=1S/C18H27N3O5/c1-11-14(15(22)23)12(9-13(19-11)25-6)21-8-7-18(5,10-21)20-16(24)26-17(2,3)4/h9H,7-8,10H2,1-6H3,(H,20,24)(H,22,23)/t18-/m0/s1. The normalized spacial score (nSPS) is 20.0. The van der Waals surface area contributed by atoms with Gasteiger partial charge in [-0.15, -0.1) is 0 Å². The van der Waals surface area contributed by atoms with Crippen molar-refractivity contribution in [2.45, 2.75) is 52.2 Å². The monoisotopic (exact) mass is 365 g/mol. The number of methoxy groups -OCH3 is 1. The second-order valence-electron chi connectivity index (χ2n) is 7.81. The predicted octanol–water partition coefficient (Wildman–Crippen LogP) is 2.59. The van der Waals surface area contributed by atoms with Gasteiger partial charge in [0.25, 0.3) is 0 Å². The van der Waals surface area contributed by atoms with E-state index < -0.39 is 23.2 Å². The van der Waals surface area contributed by atoms with Crippen LogP contribution in [0.25, 0.3) is 0 Å². The van der Waals surface area contributed by atoms with Gasteiger partial charge in [0.05, 0.1) is 24.0 Å². The summed E-state index contributed by atoms with van der Waals surface area (Å²) >= 11 is 0. The van der Waals surface area contributed by atoms with E-state index in [0.717, 1.165) is 0 Å². The van der Waals surface area contributed by atoms with Crippen molar-refractivity contribution in [2.24, 2.45) is 0 Å². The molecule has 0 spiro atoms. The largest absolute Gasteiger partial charge is 0.481 e. The Morgan fingerprint density at radius 1 is 1.38 bits per heavy atom. The fraction of sp³-hybridized carbons (Fsp3) is 0.611. The number of rotatable bonds is 4. The van der Waals surface area contributed by atoms with E-state index in [1.165, 1.54) is 7.11 Å². The Balaban J connectivity index is 2.23. The maximum atomic E-state index is 12.1. The highest BCUT2D eigenvalue weighted by molar-refractivity contribution is 5.96. The van der Waals surface area contributed by atoms with Crippen LogP contribution >= 0.6 is 0 Å². The average Bonchev–Trinajstić information content (AvgIpc) is 2.85. The molecule has 2 rings (SSSR count). The molecular weight excluding hydrogens is 338 g/mol. The van der Waals surface area contributed by atoms with Crippen LogP contribution in [0.15, 0.2) is 6.07 Å². The number of aryl methyl sites for hydroxylation is 1. The molecule has 8 heteroatoms. The summed E-state index contributed by atoms with van der Waals surface area (Å²) in [5.74, 6) is -0.683. The number of carbonyl (C=O) groups excluding carboxylic acids is 1. The van der Waals surface area contributed by atoms with Gasteiger partial charge in [-0.1, -0.05) is 0 Å². The number of pyridine rings is 1. The number of ether oxygens (including phenoxy) is 2. The summed E-state index contributed by atoms with van der Waals surface area (Å²) in [5, 5.41) is 12.5. The topological polar surface area (TPSA) is 101 Å². The van der Waals surface area contributed by atoms with Gasteiger partial charge >= 0.3 is 12.1 Å². The maximum Gasteiger partial charge on any atom is 0.408 e. The molecule has 1 aromatic heterocycles. The molecule has 1 amide bonds. The fourth-order valence-electron chi connectivity index (χ4n) is 3.06. The number of carboxylic acids is 1. The molecule has 0 radical (unpaired) electrons. The lowest BCUT2D eigenvalue weighted by atomic mass is 10.0. The number of hydrogen-bond acceptors (Lipinski definition) is 6. The van der Waals surface area contributed by atoms with Crippen molar-refractivity contribution in [1.82, 2.24) is 10.3 Å². The first-order valence-electron chi connectivity index (χ1n) is 8.49. The lowest BCUT2D eigenvalue weighted by Gasteiger charge is -2.29. The molecule has 1 aliphatic heterocycles. The van der Waals surface area contributed by atoms with Gasteiger partial charge in [-0.05, 0) is 41.0 Å². The number of aromatic nitrogens is 1. The first-order valence-corrected chi connectivity index (χ1v) is 8.49. The van der Waals surface area contributed by atoms with Crippen LogP contribution in [0.3, 0.4) is 0 Å². The van der Waals surface area contributed by atoms with Crippen LogP contribution in [-0.4, -0.2) is 53.5 Å². The molecule has 1 saturated heterocycles. The first-order chi connectivity index (χ1) is 11.9. The molecule has 2 heterocycles. The Kier molecular flexibility index (Phi) is 5.34. The summed E-state index contributed by atoms with van der Waals surface area (Å²) in [6.45, 7) is 10.0. The van der Waals surface area contributed by atoms with E-state index in [0.29, 0.717) is 36.8 Å². The highest BCUT2D eigenvalue weighted by atomic mass is 16.6. The van der Waals surface area contributed by atoms with E-state index in [-0.39, 0.29) is 5.56 Å². The van der Waals surface area contributed by atoms with E-state index in [1.807, 2.05) is 11.8 Å². The number of carbonyl (C=O) groups is 2. The van der Waals surface area contributed by atoms with Crippen molar-refractivity contribution in [3.8, 4) is 5.88 Å². The maximum absolute atomic E-state index is 12.1. The Morgan fingerprint density at radius 2 is 2.04 bits per heavy atom. The summed E-state index contributed by atoms with van der Waals surface area (Å²) in [6, 6.07) is 1.62. The smallest absolute Gasteiger partial charge is 0.408 e. The Bertz CT molecular complexity index is 714. The van der Waals surface area contributed by atoms with Crippen LogP contribution in [0, 0.1) is 6.92 Å². The van der Waals surface area contributed by atoms with E-state index in [1.54, 1.807) is 33.8 Å². The van der Waals surface area contributed by atoms with Gasteiger partial charge in [0.1, 0.15) is 11.2 Å². The second kappa shape index (κ2) is 7.01. The highest BCUT2D eigenvalue weighted by Gasteiger charge is 2.38. The molecule has 8 nitrogen and oxygen atoms in total. The summed E-state index contributed by atoms with van der Waals surface area (Å²) in [6.07, 6.45) is 0.179. The van der Waals surface area contributed by atoms with Crippen LogP contribution in [0.4, 0.5) is 10.5 Å². The van der Waals surface area contributed by atoms with Crippen LogP contribution in [0.5, 0.6) is 5.88 Å². The molecule has 0 aliphatic carbocycles. The molecule has 1 aliphatic rings. The van der Waals surface area contributed by atoms with Crippen molar-refractivity contribution >= 4 is 17.7 Å². The molecule has 1 aromatic rings. The third kappa shape index (κ3) is 4.56. The van der Waals surface area contributed by atoms with Gasteiger partial charge in [-0.25, -0.2) is 14.6 Å². The average molecular weight is 365 g/mol. The van der Waals surface area contributed by atoms with Gasteiger partial charge in [-0.3, -0.25) is 0 Å². The summed E-state index contributed by atoms with van der Waals surface area (Å²) in [5.41, 5.74) is -0.0303. The number of hydrogen-bond donors (Lipinski definition) is 2. The summed E-state index contributed by atoms with van der Waals surface area (Å²) < 4.78 is 10.5. The SMILES string of the molecule is COc1cc(N2CC[C@](C)(NC(=O)OC(C)(C)C)C2)c(C(=O)O)c(C)n1. The Morgan fingerprint density at radius 3 is 2.58 bits per heavy atom. The molecule has 0 aromatic carbocycles. The van der Waals surface area contributed by atoms with Crippen molar-refractivity contribution < 1.29 is 24.2 Å². The summed E-state index contributed by atoms with van der Waals surface area (Å²) in [7, 11) is 1.49. The second-order valence-corrected chi connectivity index (χ2v) is 7.81. The van der Waals surface area contributed by atoms with Crippen LogP contribution in [-0.2, 0) is 4.74 Å². The van der Waals surface area contributed by atoms with Crippen LogP contribution < -0.4 is 15.0 Å². The minimum atomic E-state index is -1.04. The zero-order valence-electron chi connectivity index (χ0n) is 16.2. The van der Waals surface area contributed by atoms with Crippen molar-refractivity contribution in [3.05, 3.63) is 17.3 Å². The third-order valence-electron chi connectivity index (χ3n) is 4.20. The highest BCUT2D eigenvalue weighted by Crippen LogP contribution is 2.33. The van der Waals surface area contributed by atoms with E-state index in [4.69, 9.17) is 9.47 Å². The number of nitrogens with one attached hydrogen (secondary N) is 1. The van der Waals surface area contributed by atoms with E-state index >= 15 is 0 Å². The van der Waals surface area contributed by atoms with Gasteiger partial charge < -0.3 is 24.8 Å². The predicted molar refractivity (Wildman–Crippen MR) is 97.1 cm³/mol. The number of nitrogens with zero attached hydrogens (tertiary/aromatic N) is 2. The van der Waals surface area contributed by atoms with E-state index in [2.05, 4.69) is 10.3 Å². The molecule has 0 unspecified atom stereocenters. The van der Waals surface area contributed by atoms with Crippen molar-refractivity contribution in [1.29, 1.82) is 0 Å².